The van der Waals surface area contributed by atoms with Gasteiger partial charge in [-0.3, -0.25) is 4.79 Å². The van der Waals surface area contributed by atoms with Gasteiger partial charge in [-0.05, 0) is 38.5 Å². The van der Waals surface area contributed by atoms with Gasteiger partial charge in [0, 0.05) is 18.6 Å². The first-order valence-corrected chi connectivity index (χ1v) is 8.60. The van der Waals surface area contributed by atoms with Crippen molar-refractivity contribution in [2.75, 3.05) is 19.8 Å². The summed E-state index contributed by atoms with van der Waals surface area (Å²) in [5, 5.41) is 19.7. The molecule has 0 saturated carbocycles. The highest BCUT2D eigenvalue weighted by Gasteiger charge is 2.20. The minimum absolute atomic E-state index is 0.0465. The van der Waals surface area contributed by atoms with Crippen LogP contribution in [0, 0.1) is 0 Å². The molecule has 0 heterocycles. The predicted molar refractivity (Wildman–Crippen MR) is 97.8 cm³/mol. The van der Waals surface area contributed by atoms with Gasteiger partial charge in [0.2, 0.25) is 0 Å². The molecule has 0 aromatic heterocycles. The number of benzene rings is 2. The van der Waals surface area contributed by atoms with E-state index in [1.807, 2.05) is 13.8 Å². The maximum atomic E-state index is 12.7. The molecule has 2 aromatic rings. The fraction of sp³-hybridized carbons (Fsp3) is 0.350. The van der Waals surface area contributed by atoms with E-state index >= 15 is 0 Å². The molecule has 0 bridgehead atoms. The zero-order valence-corrected chi connectivity index (χ0v) is 15.2. The van der Waals surface area contributed by atoms with E-state index in [9.17, 15) is 15.0 Å². The topological polar surface area (TPSA) is 85.2 Å². The molecule has 6 heteroatoms. The number of Topliss-reactive ketones (excluding diaryl/α,β-unsaturated/α-hetero) is 1. The highest BCUT2D eigenvalue weighted by Crippen LogP contribution is 2.35. The number of phenols is 2. The van der Waals surface area contributed by atoms with E-state index in [0.29, 0.717) is 31.3 Å². The van der Waals surface area contributed by atoms with Gasteiger partial charge in [-0.2, -0.15) is 0 Å². The van der Waals surface area contributed by atoms with Crippen LogP contribution in [0.1, 0.15) is 36.7 Å². The molecule has 0 radical (unpaired) electrons. The van der Waals surface area contributed by atoms with Crippen molar-refractivity contribution in [2.45, 2.75) is 27.2 Å². The van der Waals surface area contributed by atoms with Crippen molar-refractivity contribution in [1.29, 1.82) is 0 Å². The van der Waals surface area contributed by atoms with Gasteiger partial charge < -0.3 is 24.4 Å². The molecule has 0 amide bonds. The van der Waals surface area contributed by atoms with E-state index in [1.165, 1.54) is 6.07 Å². The summed E-state index contributed by atoms with van der Waals surface area (Å²) in [4.78, 5) is 12.7. The molecule has 0 spiro atoms. The lowest BCUT2D eigenvalue weighted by Crippen LogP contribution is -2.08. The zero-order chi connectivity index (χ0) is 19.1. The fourth-order valence-electron chi connectivity index (χ4n) is 2.62. The molecule has 6 nitrogen and oxygen atoms in total. The molecule has 0 unspecified atom stereocenters. The highest BCUT2D eigenvalue weighted by molar-refractivity contribution is 6.02. The summed E-state index contributed by atoms with van der Waals surface area (Å²) in [7, 11) is 0. The normalized spacial score (nSPS) is 10.4. The first-order valence-electron chi connectivity index (χ1n) is 8.60. The van der Waals surface area contributed by atoms with Crippen molar-refractivity contribution < 1.29 is 29.2 Å². The lowest BCUT2D eigenvalue weighted by atomic mass is 10.0. The number of ketones is 1. The van der Waals surface area contributed by atoms with E-state index < -0.39 is 0 Å². The molecule has 2 rings (SSSR count). The van der Waals surface area contributed by atoms with Gasteiger partial charge in [0.1, 0.15) is 22.8 Å². The van der Waals surface area contributed by atoms with E-state index in [2.05, 4.69) is 0 Å². The second-order valence-corrected chi connectivity index (χ2v) is 5.52. The van der Waals surface area contributed by atoms with Crippen LogP contribution in [0.3, 0.4) is 0 Å². The van der Waals surface area contributed by atoms with Crippen LogP contribution in [0.25, 0.3) is 0 Å². The molecule has 0 atom stereocenters. The average molecular weight is 360 g/mol. The van der Waals surface area contributed by atoms with E-state index in [1.54, 1.807) is 25.1 Å². The molecule has 0 fully saturated rings. The maximum Gasteiger partial charge on any atom is 0.174 e. The number of aromatic hydroxyl groups is 2. The molecule has 0 aliphatic carbocycles. The quantitative estimate of drug-likeness (QED) is 0.663. The summed E-state index contributed by atoms with van der Waals surface area (Å²) in [6, 6.07) is 7.74. The van der Waals surface area contributed by atoms with Gasteiger partial charge in [-0.25, -0.2) is 0 Å². The van der Waals surface area contributed by atoms with Crippen LogP contribution < -0.4 is 14.2 Å². The SMILES string of the molecule is CCOc1ccc(CC(=O)c2c(O)cc(O)cc2OCC)cc1OCC. The number of hydrogen-bond acceptors (Lipinski definition) is 6. The van der Waals surface area contributed by atoms with Crippen molar-refractivity contribution in [3.05, 3.63) is 41.5 Å². The zero-order valence-electron chi connectivity index (χ0n) is 15.2. The molecule has 0 saturated heterocycles. The second-order valence-electron chi connectivity index (χ2n) is 5.52. The molecular weight excluding hydrogens is 336 g/mol. The Bertz CT molecular complexity index is 769. The molecule has 2 N–H and O–H groups in total. The van der Waals surface area contributed by atoms with Crippen LogP contribution in [0.5, 0.6) is 28.7 Å². The first-order chi connectivity index (χ1) is 12.5. The summed E-state index contributed by atoms with van der Waals surface area (Å²) in [6.07, 6.45) is 0.0465. The first kappa shape index (κ1) is 19.4. The Morgan fingerprint density at radius 3 is 2.12 bits per heavy atom. The van der Waals surface area contributed by atoms with Crippen molar-refractivity contribution >= 4 is 5.78 Å². The Hall–Kier alpha value is -2.89. The summed E-state index contributed by atoms with van der Waals surface area (Å²) >= 11 is 0. The summed E-state index contributed by atoms with van der Waals surface area (Å²) < 4.78 is 16.5. The fourth-order valence-corrected chi connectivity index (χ4v) is 2.62. The highest BCUT2D eigenvalue weighted by atomic mass is 16.5. The Balaban J connectivity index is 2.31. The van der Waals surface area contributed by atoms with Crippen molar-refractivity contribution in [1.82, 2.24) is 0 Å². The Morgan fingerprint density at radius 1 is 0.846 bits per heavy atom. The van der Waals surface area contributed by atoms with Crippen LogP contribution in [-0.2, 0) is 6.42 Å². The third-order valence-electron chi connectivity index (χ3n) is 3.62. The van der Waals surface area contributed by atoms with Gasteiger partial charge >= 0.3 is 0 Å². The number of hydrogen-bond donors (Lipinski definition) is 2. The lowest BCUT2D eigenvalue weighted by Gasteiger charge is -2.14. The molecular formula is C20H24O6. The van der Waals surface area contributed by atoms with Gasteiger partial charge in [0.15, 0.2) is 17.3 Å². The summed E-state index contributed by atoms with van der Waals surface area (Å²) in [5.41, 5.74) is 0.772. The van der Waals surface area contributed by atoms with E-state index in [4.69, 9.17) is 14.2 Å². The predicted octanol–water partition coefficient (Wildman–Crippen LogP) is 3.72. The lowest BCUT2D eigenvalue weighted by molar-refractivity contribution is 0.0986. The Morgan fingerprint density at radius 2 is 1.46 bits per heavy atom. The van der Waals surface area contributed by atoms with Gasteiger partial charge in [-0.1, -0.05) is 6.07 Å². The molecule has 26 heavy (non-hydrogen) atoms. The van der Waals surface area contributed by atoms with Gasteiger partial charge in [-0.15, -0.1) is 0 Å². The van der Waals surface area contributed by atoms with Crippen LogP contribution in [-0.4, -0.2) is 35.8 Å². The van der Waals surface area contributed by atoms with Crippen LogP contribution in [0.2, 0.25) is 0 Å². The van der Waals surface area contributed by atoms with Gasteiger partial charge in [0.25, 0.3) is 0 Å². The number of rotatable bonds is 9. The molecule has 140 valence electrons. The summed E-state index contributed by atoms with van der Waals surface area (Å²) in [5.74, 6) is 0.549. The number of carbonyl (C=O) groups is 1. The van der Waals surface area contributed by atoms with Crippen LogP contribution in [0.15, 0.2) is 30.3 Å². The van der Waals surface area contributed by atoms with Crippen LogP contribution in [0.4, 0.5) is 0 Å². The molecule has 0 aliphatic rings. The third kappa shape index (κ3) is 4.59. The van der Waals surface area contributed by atoms with Crippen LogP contribution >= 0.6 is 0 Å². The maximum absolute atomic E-state index is 12.7. The smallest absolute Gasteiger partial charge is 0.174 e. The molecule has 2 aromatic carbocycles. The minimum atomic E-state index is -0.322. The van der Waals surface area contributed by atoms with Crippen molar-refractivity contribution in [2.24, 2.45) is 0 Å². The Labute approximate surface area is 152 Å². The molecule has 0 aliphatic heterocycles. The minimum Gasteiger partial charge on any atom is -0.508 e. The van der Waals surface area contributed by atoms with Gasteiger partial charge in [0.05, 0.1) is 19.8 Å². The summed E-state index contributed by atoms with van der Waals surface area (Å²) in [6.45, 7) is 6.81. The largest absolute Gasteiger partial charge is 0.508 e. The van der Waals surface area contributed by atoms with Crippen molar-refractivity contribution in [3.8, 4) is 28.7 Å². The average Bonchev–Trinajstić information content (AvgIpc) is 2.57. The standard InChI is InChI=1S/C20H24O6/c1-4-24-17-8-7-13(10-18(17)25-5-2)9-15(22)20-16(23)11-14(21)12-19(20)26-6-3/h7-8,10-12,21,23H,4-6,9H2,1-3H3. The van der Waals surface area contributed by atoms with E-state index in [0.717, 1.165) is 11.6 Å². The second kappa shape index (κ2) is 8.99. The Kier molecular flexibility index (Phi) is 6.72. The van der Waals surface area contributed by atoms with E-state index in [-0.39, 0.29) is 35.0 Å². The number of ether oxygens (including phenoxy) is 3. The van der Waals surface area contributed by atoms with Crippen molar-refractivity contribution in [3.63, 3.8) is 0 Å². The monoisotopic (exact) mass is 360 g/mol. The third-order valence-corrected chi connectivity index (χ3v) is 3.62. The number of carbonyl (C=O) groups excluding carboxylic acids is 1. The number of phenolic OH excluding ortho intramolecular Hbond substituents is 2.